The van der Waals surface area contributed by atoms with Gasteiger partial charge in [0.1, 0.15) is 11.2 Å². The van der Waals surface area contributed by atoms with Gasteiger partial charge in [0, 0.05) is 6.54 Å². The highest BCUT2D eigenvalue weighted by molar-refractivity contribution is 6.13. The van der Waals surface area contributed by atoms with Crippen LogP contribution in [0.2, 0.25) is 0 Å². The van der Waals surface area contributed by atoms with E-state index in [4.69, 9.17) is 0 Å². The molecular weight excluding hydrogens is 376 g/mol. The maximum atomic E-state index is 13.1. The Morgan fingerprint density at radius 3 is 2.21 bits per heavy atom. The Morgan fingerprint density at radius 1 is 0.964 bits per heavy atom. The highest BCUT2D eigenvalue weighted by atomic mass is 19.4. The van der Waals surface area contributed by atoms with Crippen LogP contribution in [0.4, 0.5) is 23.2 Å². The number of halogens is 4. The number of para-hydroxylation sites is 1. The third kappa shape index (κ3) is 4.32. The lowest BCUT2D eigenvalue weighted by molar-refractivity contribution is -0.137. The van der Waals surface area contributed by atoms with Crippen LogP contribution in [0.5, 0.6) is 0 Å². The molecule has 0 aromatic heterocycles. The van der Waals surface area contributed by atoms with E-state index < -0.39 is 29.0 Å². The van der Waals surface area contributed by atoms with Crippen molar-refractivity contribution in [1.29, 1.82) is 0 Å². The van der Waals surface area contributed by atoms with E-state index in [1.807, 2.05) is 0 Å². The zero-order chi connectivity index (χ0) is 20.4. The monoisotopic (exact) mass is 394 g/mol. The van der Waals surface area contributed by atoms with Crippen LogP contribution in [0.25, 0.3) is 0 Å². The molecule has 0 spiro atoms. The molecule has 2 amide bonds. The molecule has 4 nitrogen and oxygen atoms in total. The maximum absolute atomic E-state index is 13.1. The predicted molar refractivity (Wildman–Crippen MR) is 94.9 cm³/mol. The SMILES string of the molecule is O=C(NCCc1ccc(F)cc1)C1(C(=O)Nc2ccccc2C(F)(F)F)CC1. The molecule has 0 heterocycles. The normalized spacial score (nSPS) is 15.0. The number of nitrogens with one attached hydrogen (secondary N) is 2. The molecule has 2 aromatic carbocycles. The van der Waals surface area contributed by atoms with E-state index in [2.05, 4.69) is 10.6 Å². The molecule has 2 aromatic rings. The number of amides is 2. The molecule has 0 bridgehead atoms. The van der Waals surface area contributed by atoms with Gasteiger partial charge in [-0.25, -0.2) is 4.39 Å². The van der Waals surface area contributed by atoms with Crippen molar-refractivity contribution in [2.75, 3.05) is 11.9 Å². The number of carbonyl (C=O) groups is 2. The molecule has 8 heteroatoms. The van der Waals surface area contributed by atoms with Crippen LogP contribution in [0, 0.1) is 11.2 Å². The lowest BCUT2D eigenvalue weighted by Gasteiger charge is -2.18. The van der Waals surface area contributed by atoms with Gasteiger partial charge >= 0.3 is 6.18 Å². The zero-order valence-electron chi connectivity index (χ0n) is 14.8. The number of rotatable bonds is 6. The molecule has 1 aliphatic rings. The Hall–Kier alpha value is -2.90. The van der Waals surface area contributed by atoms with Crippen LogP contribution < -0.4 is 10.6 Å². The summed E-state index contributed by atoms with van der Waals surface area (Å²) in [6, 6.07) is 10.4. The first kappa shape index (κ1) is 19.9. The van der Waals surface area contributed by atoms with Crippen molar-refractivity contribution in [2.24, 2.45) is 5.41 Å². The van der Waals surface area contributed by atoms with Crippen LogP contribution in [-0.4, -0.2) is 18.4 Å². The summed E-state index contributed by atoms with van der Waals surface area (Å²) in [6.45, 7) is 0.235. The van der Waals surface area contributed by atoms with Crippen molar-refractivity contribution in [3.8, 4) is 0 Å². The lowest BCUT2D eigenvalue weighted by Crippen LogP contribution is -2.41. The summed E-state index contributed by atoms with van der Waals surface area (Å²) < 4.78 is 52.1. The van der Waals surface area contributed by atoms with Gasteiger partial charge in [-0.2, -0.15) is 13.2 Å². The van der Waals surface area contributed by atoms with Gasteiger partial charge in [0.15, 0.2) is 0 Å². The first-order chi connectivity index (χ1) is 13.2. The second-order valence-corrected chi connectivity index (χ2v) is 6.71. The molecular formula is C20H18F4N2O2. The Morgan fingerprint density at radius 2 is 1.61 bits per heavy atom. The Bertz CT molecular complexity index is 875. The van der Waals surface area contributed by atoms with Crippen molar-refractivity contribution in [1.82, 2.24) is 5.32 Å². The molecule has 1 saturated carbocycles. The minimum atomic E-state index is -4.61. The van der Waals surface area contributed by atoms with E-state index in [1.165, 1.54) is 24.3 Å². The summed E-state index contributed by atoms with van der Waals surface area (Å²) >= 11 is 0. The van der Waals surface area contributed by atoms with Crippen molar-refractivity contribution in [3.63, 3.8) is 0 Å². The maximum Gasteiger partial charge on any atom is 0.418 e. The molecule has 0 aliphatic heterocycles. The highest BCUT2D eigenvalue weighted by Crippen LogP contribution is 2.47. The summed E-state index contributed by atoms with van der Waals surface area (Å²) in [4.78, 5) is 24.9. The number of hydrogen-bond donors (Lipinski definition) is 2. The summed E-state index contributed by atoms with van der Waals surface area (Å²) in [5.41, 5.74) is -1.86. The molecule has 1 aliphatic carbocycles. The number of hydrogen-bond acceptors (Lipinski definition) is 2. The minimum Gasteiger partial charge on any atom is -0.355 e. The van der Waals surface area contributed by atoms with Gasteiger partial charge in [-0.15, -0.1) is 0 Å². The summed E-state index contributed by atoms with van der Waals surface area (Å²) in [5.74, 6) is -1.62. The number of carbonyl (C=O) groups excluding carboxylic acids is 2. The number of anilines is 1. The number of alkyl halides is 3. The molecule has 3 rings (SSSR count). The third-order valence-electron chi connectivity index (χ3n) is 4.71. The minimum absolute atomic E-state index is 0.235. The molecule has 1 fully saturated rings. The topological polar surface area (TPSA) is 58.2 Å². The van der Waals surface area contributed by atoms with E-state index in [9.17, 15) is 27.2 Å². The highest BCUT2D eigenvalue weighted by Gasteiger charge is 2.56. The molecule has 148 valence electrons. The fourth-order valence-electron chi connectivity index (χ4n) is 2.90. The average Bonchev–Trinajstić information content (AvgIpc) is 3.45. The quantitative estimate of drug-likeness (QED) is 0.576. The standard InChI is InChI=1S/C20H18F4N2O2/c21-14-7-5-13(6-8-14)9-12-25-17(27)19(10-11-19)18(28)26-16-4-2-1-3-15(16)20(22,23)24/h1-8H,9-12H2,(H,25,27)(H,26,28). The predicted octanol–water partition coefficient (Wildman–Crippen LogP) is 3.92. The average molecular weight is 394 g/mol. The largest absolute Gasteiger partial charge is 0.418 e. The first-order valence-electron chi connectivity index (χ1n) is 8.73. The van der Waals surface area contributed by atoms with Crippen LogP contribution in [0.3, 0.4) is 0 Å². The van der Waals surface area contributed by atoms with Gasteiger partial charge in [-0.05, 0) is 49.1 Å². The van der Waals surface area contributed by atoms with Crippen molar-refractivity contribution >= 4 is 17.5 Å². The van der Waals surface area contributed by atoms with Crippen molar-refractivity contribution < 1.29 is 27.2 Å². The van der Waals surface area contributed by atoms with Crippen LogP contribution in [0.15, 0.2) is 48.5 Å². The molecule has 0 unspecified atom stereocenters. The van der Waals surface area contributed by atoms with Gasteiger partial charge in [-0.1, -0.05) is 24.3 Å². The van der Waals surface area contributed by atoms with Crippen LogP contribution in [-0.2, 0) is 22.2 Å². The van der Waals surface area contributed by atoms with Crippen molar-refractivity contribution in [3.05, 3.63) is 65.5 Å². The van der Waals surface area contributed by atoms with Crippen molar-refractivity contribution in [2.45, 2.75) is 25.4 Å². The summed E-state index contributed by atoms with van der Waals surface area (Å²) in [5, 5.41) is 4.90. The summed E-state index contributed by atoms with van der Waals surface area (Å²) in [7, 11) is 0. The van der Waals surface area contributed by atoms with E-state index in [-0.39, 0.29) is 30.9 Å². The molecule has 0 atom stereocenters. The second-order valence-electron chi connectivity index (χ2n) is 6.71. The zero-order valence-corrected chi connectivity index (χ0v) is 14.8. The fourth-order valence-corrected chi connectivity index (χ4v) is 2.90. The van der Waals surface area contributed by atoms with Gasteiger partial charge in [-0.3, -0.25) is 9.59 Å². The van der Waals surface area contributed by atoms with E-state index in [0.717, 1.165) is 17.7 Å². The number of benzene rings is 2. The third-order valence-corrected chi connectivity index (χ3v) is 4.71. The Labute approximate surface area is 158 Å². The van der Waals surface area contributed by atoms with E-state index >= 15 is 0 Å². The summed E-state index contributed by atoms with van der Waals surface area (Å²) in [6.07, 6.45) is -3.62. The smallest absolute Gasteiger partial charge is 0.355 e. The van der Waals surface area contributed by atoms with E-state index in [1.54, 1.807) is 12.1 Å². The molecule has 0 saturated heterocycles. The Kier molecular flexibility index (Phi) is 5.40. The Balaban J connectivity index is 1.61. The van der Waals surface area contributed by atoms with Gasteiger partial charge in [0.2, 0.25) is 11.8 Å². The first-order valence-corrected chi connectivity index (χ1v) is 8.73. The second kappa shape index (κ2) is 7.61. The van der Waals surface area contributed by atoms with Crippen LogP contribution >= 0.6 is 0 Å². The van der Waals surface area contributed by atoms with Gasteiger partial charge < -0.3 is 10.6 Å². The van der Waals surface area contributed by atoms with Gasteiger partial charge in [0.25, 0.3) is 0 Å². The lowest BCUT2D eigenvalue weighted by atomic mass is 10.0. The molecule has 2 N–H and O–H groups in total. The van der Waals surface area contributed by atoms with E-state index in [0.29, 0.717) is 6.42 Å². The fraction of sp³-hybridized carbons (Fsp3) is 0.300. The van der Waals surface area contributed by atoms with Crippen LogP contribution in [0.1, 0.15) is 24.0 Å². The molecule has 28 heavy (non-hydrogen) atoms. The van der Waals surface area contributed by atoms with Gasteiger partial charge in [0.05, 0.1) is 11.3 Å². The molecule has 0 radical (unpaired) electrons.